The van der Waals surface area contributed by atoms with E-state index in [2.05, 4.69) is 10.3 Å². The van der Waals surface area contributed by atoms with Gasteiger partial charge in [0.05, 0.1) is 14.2 Å². The molecule has 0 spiro atoms. The number of fused-ring (bicyclic) bond motifs is 1. The lowest BCUT2D eigenvalue weighted by Crippen LogP contribution is -2.57. The number of dihydropyridines is 1. The van der Waals surface area contributed by atoms with Gasteiger partial charge in [0.1, 0.15) is 12.0 Å². The zero-order valence-electron chi connectivity index (χ0n) is 14.7. The average Bonchev–Trinajstić information content (AvgIpc) is 3.09. The van der Waals surface area contributed by atoms with E-state index >= 15 is 0 Å². The molecule has 1 unspecified atom stereocenters. The van der Waals surface area contributed by atoms with Gasteiger partial charge in [-0.1, -0.05) is 12.8 Å². The quantitative estimate of drug-likeness (QED) is 0.757. The fraction of sp³-hybridized carbons (Fsp3) is 0.588. The summed E-state index contributed by atoms with van der Waals surface area (Å²) in [5, 5.41) is 2.90. The van der Waals surface area contributed by atoms with Gasteiger partial charge in [0.25, 0.3) is 11.7 Å². The Hall–Kier alpha value is -2.51. The number of urea groups is 1. The Kier molecular flexibility index (Phi) is 4.69. The van der Waals surface area contributed by atoms with Crippen LogP contribution < -0.4 is 5.32 Å². The van der Waals surface area contributed by atoms with Crippen molar-refractivity contribution in [3.05, 3.63) is 11.3 Å². The number of carbonyl (C=O) groups excluding carboxylic acids is 3. The molecule has 134 valence electrons. The van der Waals surface area contributed by atoms with Gasteiger partial charge in [-0.3, -0.25) is 9.59 Å². The summed E-state index contributed by atoms with van der Waals surface area (Å²) in [5.74, 6) is -0.811. The van der Waals surface area contributed by atoms with Crippen molar-refractivity contribution < 1.29 is 23.7 Å². The van der Waals surface area contributed by atoms with Gasteiger partial charge in [0, 0.05) is 11.6 Å². The fourth-order valence-electron chi connectivity index (χ4n) is 3.59. The van der Waals surface area contributed by atoms with Crippen LogP contribution >= 0.6 is 0 Å². The maximum Gasteiger partial charge on any atom is 0.446 e. The van der Waals surface area contributed by atoms with Crippen LogP contribution in [0.5, 0.6) is 0 Å². The summed E-state index contributed by atoms with van der Waals surface area (Å²) in [6.07, 6.45) is 5.64. The Morgan fingerprint density at radius 3 is 2.72 bits per heavy atom. The molecule has 1 saturated carbocycles. The highest BCUT2D eigenvalue weighted by Crippen LogP contribution is 2.27. The van der Waals surface area contributed by atoms with E-state index in [1.54, 1.807) is 20.2 Å². The Balaban J connectivity index is 1.83. The molecule has 0 saturated heterocycles. The Labute approximate surface area is 146 Å². The number of amides is 4. The standard InChI is InChI=1S/C17H22N4O4/c1-10-8-18-15-13(14(10)25-3)16(23)21(17(24)20(15)2)9-12(22)19-11-6-4-5-7-11/h8,11,13H,4-7,9H2,1-3H3/p+1. The molecule has 3 aliphatic rings. The Bertz CT molecular complexity index is 716. The SMILES string of the molecule is COC1=C(C)C=NC2=[N+](C)C(=O)N(CC(=O)NC3CCCC3)C(=O)C12. The lowest BCUT2D eigenvalue weighted by atomic mass is 9.96. The molecule has 1 fully saturated rings. The summed E-state index contributed by atoms with van der Waals surface area (Å²) < 4.78 is 6.67. The third kappa shape index (κ3) is 3.08. The minimum atomic E-state index is -0.794. The maximum absolute atomic E-state index is 12.9. The number of methoxy groups -OCH3 is 1. The molecule has 1 N–H and O–H groups in total. The highest BCUT2D eigenvalue weighted by atomic mass is 16.5. The van der Waals surface area contributed by atoms with E-state index < -0.39 is 17.9 Å². The molecule has 1 atom stereocenters. The summed E-state index contributed by atoms with van der Waals surface area (Å²) >= 11 is 0. The van der Waals surface area contributed by atoms with E-state index in [4.69, 9.17) is 4.74 Å². The molecular weight excluding hydrogens is 324 g/mol. The monoisotopic (exact) mass is 347 g/mol. The van der Waals surface area contributed by atoms with E-state index in [0.717, 1.165) is 36.2 Å². The van der Waals surface area contributed by atoms with E-state index in [0.29, 0.717) is 11.6 Å². The molecule has 0 bridgehead atoms. The van der Waals surface area contributed by atoms with E-state index in [1.807, 2.05) is 0 Å². The third-order valence-electron chi connectivity index (χ3n) is 4.92. The van der Waals surface area contributed by atoms with Gasteiger partial charge < -0.3 is 10.1 Å². The first-order valence-corrected chi connectivity index (χ1v) is 8.48. The van der Waals surface area contributed by atoms with Crippen molar-refractivity contribution in [2.45, 2.75) is 38.6 Å². The lowest BCUT2D eigenvalue weighted by molar-refractivity contribution is -0.408. The van der Waals surface area contributed by atoms with Gasteiger partial charge in [-0.05, 0) is 19.8 Å². The van der Waals surface area contributed by atoms with Gasteiger partial charge in [-0.15, -0.1) is 4.99 Å². The molecule has 0 aromatic rings. The lowest BCUT2D eigenvalue weighted by Gasteiger charge is -2.28. The third-order valence-corrected chi connectivity index (χ3v) is 4.92. The highest BCUT2D eigenvalue weighted by Gasteiger charge is 2.50. The van der Waals surface area contributed by atoms with E-state index in [1.165, 1.54) is 11.7 Å². The first kappa shape index (κ1) is 17.3. The smallest absolute Gasteiger partial charge is 0.446 e. The van der Waals surface area contributed by atoms with Gasteiger partial charge in [-0.25, -0.2) is 4.79 Å². The first-order valence-electron chi connectivity index (χ1n) is 8.48. The molecule has 25 heavy (non-hydrogen) atoms. The summed E-state index contributed by atoms with van der Waals surface area (Å²) in [4.78, 5) is 42.9. The van der Waals surface area contributed by atoms with Crippen LogP contribution in [0.25, 0.3) is 0 Å². The van der Waals surface area contributed by atoms with Crippen molar-refractivity contribution in [3.8, 4) is 0 Å². The van der Waals surface area contributed by atoms with Crippen molar-refractivity contribution in [1.29, 1.82) is 0 Å². The minimum absolute atomic E-state index is 0.137. The molecule has 3 rings (SSSR count). The zero-order chi connectivity index (χ0) is 18.1. The van der Waals surface area contributed by atoms with E-state index in [9.17, 15) is 14.4 Å². The number of allylic oxidation sites excluding steroid dienone is 1. The van der Waals surface area contributed by atoms with Crippen LogP contribution in [0.2, 0.25) is 0 Å². The molecule has 2 heterocycles. The maximum atomic E-state index is 12.9. The predicted octanol–water partition coefficient (Wildman–Crippen LogP) is 0.669. The molecule has 0 aromatic carbocycles. The van der Waals surface area contributed by atoms with Gasteiger partial charge >= 0.3 is 11.9 Å². The predicted molar refractivity (Wildman–Crippen MR) is 90.4 cm³/mol. The van der Waals surface area contributed by atoms with Crippen molar-refractivity contribution >= 4 is 29.9 Å². The minimum Gasteiger partial charge on any atom is -0.499 e. The van der Waals surface area contributed by atoms with Gasteiger partial charge in [-0.2, -0.15) is 9.48 Å². The topological polar surface area (TPSA) is 91.1 Å². The molecule has 0 radical (unpaired) electrons. The fourth-order valence-corrected chi connectivity index (χ4v) is 3.59. The molecule has 8 nitrogen and oxygen atoms in total. The molecular formula is C17H23N4O4+. The molecule has 1 aliphatic carbocycles. The average molecular weight is 347 g/mol. The summed E-state index contributed by atoms with van der Waals surface area (Å²) in [5.41, 5.74) is 0.725. The van der Waals surface area contributed by atoms with E-state index in [-0.39, 0.29) is 18.5 Å². The second-order valence-electron chi connectivity index (χ2n) is 6.62. The number of carbonyl (C=O) groups is 3. The van der Waals surface area contributed by atoms with Crippen molar-refractivity contribution in [1.82, 2.24) is 10.2 Å². The Morgan fingerprint density at radius 1 is 1.40 bits per heavy atom. The largest absolute Gasteiger partial charge is 0.499 e. The zero-order valence-corrected chi connectivity index (χ0v) is 14.7. The van der Waals surface area contributed by atoms with Crippen molar-refractivity contribution in [2.24, 2.45) is 10.9 Å². The first-order chi connectivity index (χ1) is 11.9. The van der Waals surface area contributed by atoms with Crippen LogP contribution in [-0.4, -0.2) is 66.1 Å². The number of imide groups is 1. The van der Waals surface area contributed by atoms with Crippen molar-refractivity contribution in [2.75, 3.05) is 20.7 Å². The molecule has 8 heteroatoms. The van der Waals surface area contributed by atoms with Crippen LogP contribution in [0.15, 0.2) is 16.3 Å². The highest BCUT2D eigenvalue weighted by molar-refractivity contribution is 6.16. The van der Waals surface area contributed by atoms with Gasteiger partial charge in [0.15, 0.2) is 12.5 Å². The number of aliphatic imine (C=N–C) groups is 1. The van der Waals surface area contributed by atoms with Crippen molar-refractivity contribution in [3.63, 3.8) is 0 Å². The van der Waals surface area contributed by atoms with Crippen LogP contribution in [0, 0.1) is 5.92 Å². The number of nitrogens with one attached hydrogen (secondary N) is 1. The number of rotatable bonds is 4. The van der Waals surface area contributed by atoms with Crippen LogP contribution in [-0.2, 0) is 14.3 Å². The van der Waals surface area contributed by atoms with Crippen LogP contribution in [0.4, 0.5) is 4.79 Å². The second-order valence-corrected chi connectivity index (χ2v) is 6.62. The normalized spacial score (nSPS) is 24.1. The summed E-state index contributed by atoms with van der Waals surface area (Å²) in [6, 6.07) is -0.414. The molecule has 4 amide bonds. The number of hydrogen-bond acceptors (Lipinski definition) is 5. The van der Waals surface area contributed by atoms with Crippen LogP contribution in [0.3, 0.4) is 0 Å². The molecule has 0 aromatic heterocycles. The number of amidine groups is 1. The Morgan fingerprint density at radius 2 is 2.08 bits per heavy atom. The number of hydrogen-bond donors (Lipinski definition) is 1. The summed E-state index contributed by atoms with van der Waals surface area (Å²) in [7, 11) is 3.03. The second kappa shape index (κ2) is 6.78. The number of nitrogens with zero attached hydrogens (tertiary/aromatic N) is 3. The van der Waals surface area contributed by atoms with Crippen LogP contribution in [0.1, 0.15) is 32.6 Å². The molecule has 2 aliphatic heterocycles. The van der Waals surface area contributed by atoms with Gasteiger partial charge in [0.2, 0.25) is 0 Å². The number of ether oxygens (including phenoxy) is 1. The summed E-state index contributed by atoms with van der Waals surface area (Å²) in [6.45, 7) is 1.50.